The second-order valence-corrected chi connectivity index (χ2v) is 6.87. The van der Waals surface area contributed by atoms with E-state index in [0.29, 0.717) is 6.54 Å². The Morgan fingerprint density at radius 3 is 2.70 bits per heavy atom. The van der Waals surface area contributed by atoms with E-state index in [2.05, 4.69) is 10.3 Å². The molecule has 3 aromatic rings. The van der Waals surface area contributed by atoms with Crippen LogP contribution in [0.15, 0.2) is 54.7 Å². The van der Waals surface area contributed by atoms with Crippen LogP contribution < -0.4 is 10.2 Å². The van der Waals surface area contributed by atoms with Gasteiger partial charge in [-0.15, -0.1) is 0 Å². The van der Waals surface area contributed by atoms with Gasteiger partial charge in [0.1, 0.15) is 6.04 Å². The van der Waals surface area contributed by atoms with Gasteiger partial charge in [-0.3, -0.25) is 4.90 Å². The summed E-state index contributed by atoms with van der Waals surface area (Å²) in [5.74, 6) is -1.44. The summed E-state index contributed by atoms with van der Waals surface area (Å²) in [6.07, 6.45) is 2.60. The molecule has 1 aliphatic rings. The number of nitrogens with one attached hydrogen (secondary N) is 2. The number of anilines is 1. The van der Waals surface area contributed by atoms with Crippen LogP contribution in [0.5, 0.6) is 0 Å². The van der Waals surface area contributed by atoms with Gasteiger partial charge in [0.15, 0.2) is 0 Å². The van der Waals surface area contributed by atoms with Crippen LogP contribution in [0.4, 0.5) is 10.5 Å². The van der Waals surface area contributed by atoms with Gasteiger partial charge in [-0.25, -0.2) is 9.59 Å². The first-order valence-corrected chi connectivity index (χ1v) is 9.01. The molecule has 0 fully saturated rings. The minimum Gasteiger partial charge on any atom is -0.480 e. The minimum absolute atomic E-state index is 0.376. The molecule has 3 N–H and O–H groups in total. The van der Waals surface area contributed by atoms with E-state index < -0.39 is 12.0 Å². The van der Waals surface area contributed by atoms with Crippen LogP contribution in [0.2, 0.25) is 0 Å². The van der Waals surface area contributed by atoms with Gasteiger partial charge < -0.3 is 15.4 Å². The van der Waals surface area contributed by atoms with Gasteiger partial charge >= 0.3 is 12.0 Å². The average molecular weight is 363 g/mol. The maximum absolute atomic E-state index is 12.8. The minimum atomic E-state index is -1.05. The van der Waals surface area contributed by atoms with Crippen LogP contribution in [-0.4, -0.2) is 34.7 Å². The van der Waals surface area contributed by atoms with E-state index in [9.17, 15) is 14.7 Å². The fraction of sp³-hybridized carbons (Fsp3) is 0.238. The molecular weight excluding hydrogens is 342 g/mol. The van der Waals surface area contributed by atoms with E-state index in [1.807, 2.05) is 61.7 Å². The van der Waals surface area contributed by atoms with Crippen LogP contribution >= 0.6 is 0 Å². The molecule has 0 radical (unpaired) electrons. The molecule has 2 amide bonds. The topological polar surface area (TPSA) is 85.4 Å². The molecule has 1 aliphatic heterocycles. The molecular formula is C21H21N3O3. The molecule has 2 aromatic carbocycles. The van der Waals surface area contributed by atoms with Crippen LogP contribution in [0.25, 0.3) is 10.9 Å². The largest absolute Gasteiger partial charge is 0.480 e. The number of benzene rings is 2. The van der Waals surface area contributed by atoms with Gasteiger partial charge in [-0.2, -0.15) is 0 Å². The van der Waals surface area contributed by atoms with Crippen LogP contribution in [-0.2, 0) is 11.2 Å². The van der Waals surface area contributed by atoms with Gasteiger partial charge in [0.2, 0.25) is 0 Å². The Bertz CT molecular complexity index is 1010. The van der Waals surface area contributed by atoms with Crippen molar-refractivity contribution >= 4 is 28.6 Å². The van der Waals surface area contributed by atoms with Gasteiger partial charge in [0, 0.05) is 35.2 Å². The van der Waals surface area contributed by atoms with E-state index in [-0.39, 0.29) is 11.9 Å². The summed E-state index contributed by atoms with van der Waals surface area (Å²) >= 11 is 0. The van der Waals surface area contributed by atoms with Crippen molar-refractivity contribution in [1.29, 1.82) is 0 Å². The maximum atomic E-state index is 12.8. The number of urea groups is 1. The number of carbonyl (C=O) groups is 2. The summed E-state index contributed by atoms with van der Waals surface area (Å²) in [4.78, 5) is 29.5. The first-order valence-electron chi connectivity index (χ1n) is 9.01. The number of para-hydroxylation sites is 2. The summed E-state index contributed by atoms with van der Waals surface area (Å²) in [6.45, 7) is 2.38. The number of rotatable bonds is 4. The molecule has 0 saturated heterocycles. The molecule has 6 nitrogen and oxygen atoms in total. The fourth-order valence-corrected chi connectivity index (χ4v) is 3.81. The van der Waals surface area contributed by atoms with Crippen molar-refractivity contribution in [3.05, 3.63) is 65.9 Å². The van der Waals surface area contributed by atoms with Gasteiger partial charge in [-0.1, -0.05) is 43.3 Å². The predicted molar refractivity (Wildman–Crippen MR) is 104 cm³/mol. The lowest BCUT2D eigenvalue weighted by atomic mass is 9.93. The summed E-state index contributed by atoms with van der Waals surface area (Å²) in [5.41, 5.74) is 3.77. The molecule has 2 heterocycles. The van der Waals surface area contributed by atoms with Crippen LogP contribution in [0.1, 0.15) is 24.0 Å². The molecule has 138 valence electrons. The molecule has 27 heavy (non-hydrogen) atoms. The summed E-state index contributed by atoms with van der Waals surface area (Å²) in [7, 11) is 0. The number of nitrogens with zero attached hydrogens (tertiary/aromatic N) is 1. The van der Waals surface area contributed by atoms with E-state index in [4.69, 9.17) is 0 Å². The maximum Gasteiger partial charge on any atom is 0.326 e. The first-order chi connectivity index (χ1) is 13.1. The summed E-state index contributed by atoms with van der Waals surface area (Å²) < 4.78 is 0. The highest BCUT2D eigenvalue weighted by Crippen LogP contribution is 2.30. The Hall–Kier alpha value is -3.28. The highest BCUT2D eigenvalue weighted by Gasteiger charge is 2.32. The first kappa shape index (κ1) is 17.1. The predicted octanol–water partition coefficient (Wildman–Crippen LogP) is 3.50. The SMILES string of the molecule is C[C@@H](c1c[nH]c2ccccc12)[C@@H](NC(=O)N1CCc2ccccc21)C(=O)O. The van der Waals surface area contributed by atoms with Crippen molar-refractivity contribution < 1.29 is 14.7 Å². The third-order valence-corrected chi connectivity index (χ3v) is 5.29. The van der Waals surface area contributed by atoms with Gasteiger partial charge in [0.25, 0.3) is 0 Å². The normalized spacial score (nSPS) is 15.4. The van der Waals surface area contributed by atoms with Crippen molar-refractivity contribution in [3.8, 4) is 0 Å². The summed E-state index contributed by atoms with van der Waals surface area (Å²) in [6, 6.07) is 14.1. The summed E-state index contributed by atoms with van der Waals surface area (Å²) in [5, 5.41) is 13.5. The zero-order chi connectivity index (χ0) is 19.0. The van der Waals surface area contributed by atoms with Crippen LogP contribution in [0.3, 0.4) is 0 Å². The average Bonchev–Trinajstić information content (AvgIpc) is 3.29. The molecule has 0 saturated carbocycles. The Balaban J connectivity index is 1.58. The quantitative estimate of drug-likeness (QED) is 0.663. The number of hydrogen-bond donors (Lipinski definition) is 3. The number of H-pyrrole nitrogens is 1. The Morgan fingerprint density at radius 1 is 1.15 bits per heavy atom. The second-order valence-electron chi connectivity index (χ2n) is 6.87. The third kappa shape index (κ3) is 3.03. The van der Waals surface area contributed by atoms with E-state index >= 15 is 0 Å². The highest BCUT2D eigenvalue weighted by atomic mass is 16.4. The molecule has 0 spiro atoms. The molecule has 1 aromatic heterocycles. The highest BCUT2D eigenvalue weighted by molar-refractivity contribution is 5.96. The number of aliphatic carboxylic acids is 1. The van der Waals surface area contributed by atoms with Gasteiger partial charge in [-0.05, 0) is 29.7 Å². The Labute approximate surface area is 156 Å². The van der Waals surface area contributed by atoms with Crippen molar-refractivity contribution in [1.82, 2.24) is 10.3 Å². The molecule has 6 heteroatoms. The number of carboxylic acids is 1. The van der Waals surface area contributed by atoms with Crippen molar-refractivity contribution in [2.45, 2.75) is 25.3 Å². The Morgan fingerprint density at radius 2 is 1.89 bits per heavy atom. The number of carboxylic acid groups (broad SMARTS) is 1. The lowest BCUT2D eigenvalue weighted by Crippen LogP contribution is -2.49. The van der Waals surface area contributed by atoms with Crippen molar-refractivity contribution in [2.75, 3.05) is 11.4 Å². The molecule has 0 bridgehead atoms. The van der Waals surface area contributed by atoms with Crippen molar-refractivity contribution in [3.63, 3.8) is 0 Å². The zero-order valence-corrected chi connectivity index (χ0v) is 15.0. The lowest BCUT2D eigenvalue weighted by Gasteiger charge is -2.25. The van der Waals surface area contributed by atoms with E-state index in [0.717, 1.165) is 34.1 Å². The number of carbonyl (C=O) groups excluding carboxylic acids is 1. The Kier molecular flexibility index (Phi) is 4.32. The number of amides is 2. The van der Waals surface area contributed by atoms with E-state index in [1.165, 1.54) is 0 Å². The number of hydrogen-bond acceptors (Lipinski definition) is 2. The molecule has 0 aliphatic carbocycles. The van der Waals surface area contributed by atoms with Crippen molar-refractivity contribution in [2.24, 2.45) is 0 Å². The third-order valence-electron chi connectivity index (χ3n) is 5.29. The smallest absolute Gasteiger partial charge is 0.326 e. The number of aromatic nitrogens is 1. The lowest BCUT2D eigenvalue weighted by molar-refractivity contribution is -0.139. The van der Waals surface area contributed by atoms with Crippen LogP contribution in [0, 0.1) is 0 Å². The monoisotopic (exact) mass is 363 g/mol. The fourth-order valence-electron chi connectivity index (χ4n) is 3.81. The number of fused-ring (bicyclic) bond motifs is 2. The standard InChI is InChI=1S/C21H21N3O3/c1-13(16-12-22-17-8-4-3-7-15(16)17)19(20(25)26)23-21(27)24-11-10-14-6-2-5-9-18(14)24/h2-9,12-13,19,22H,10-11H2,1H3,(H,23,27)(H,25,26)/t13-,19+/m0/s1. The van der Waals surface area contributed by atoms with Gasteiger partial charge in [0.05, 0.1) is 0 Å². The molecule has 4 rings (SSSR count). The second kappa shape index (κ2) is 6.79. The molecule has 0 unspecified atom stereocenters. The number of aromatic amines is 1. The zero-order valence-electron chi connectivity index (χ0n) is 15.0. The van der Waals surface area contributed by atoms with E-state index in [1.54, 1.807) is 4.90 Å². The molecule has 2 atom stereocenters.